The van der Waals surface area contributed by atoms with Crippen molar-refractivity contribution < 1.29 is 28.2 Å². The van der Waals surface area contributed by atoms with Crippen LogP contribution in [0, 0.1) is 0 Å². The molecule has 0 unspecified atom stereocenters. The van der Waals surface area contributed by atoms with E-state index in [1.807, 2.05) is 12.1 Å². The summed E-state index contributed by atoms with van der Waals surface area (Å²) in [5, 5.41) is 18.5. The van der Waals surface area contributed by atoms with Crippen LogP contribution in [0.5, 0.6) is 0 Å². The summed E-state index contributed by atoms with van der Waals surface area (Å²) in [5.74, 6) is -2.01. The van der Waals surface area contributed by atoms with Crippen LogP contribution < -0.4 is 5.73 Å². The van der Waals surface area contributed by atoms with E-state index in [-0.39, 0.29) is 12.6 Å². The monoisotopic (exact) mass is 347 g/mol. The van der Waals surface area contributed by atoms with Crippen LogP contribution in [0.1, 0.15) is 0 Å². The average molecular weight is 347 g/mol. The van der Waals surface area contributed by atoms with Crippen LogP contribution in [0.4, 0.5) is 13.2 Å². The molecule has 8 heteroatoms. The van der Waals surface area contributed by atoms with Gasteiger partial charge in [-0.1, -0.05) is 30.3 Å². The molecule has 2 aromatic rings. The predicted octanol–water partition coefficient (Wildman–Crippen LogP) is 2.88. The van der Waals surface area contributed by atoms with Gasteiger partial charge in [-0.15, -0.1) is 11.8 Å². The number of benzene rings is 2. The lowest BCUT2D eigenvalue weighted by Crippen LogP contribution is -2.26. The number of alkyl halides is 3. The number of carboxylic acid groups (broad SMARTS) is 1. The van der Waals surface area contributed by atoms with E-state index in [0.29, 0.717) is 0 Å². The lowest BCUT2D eigenvalue weighted by Gasteiger charge is -2.08. The van der Waals surface area contributed by atoms with Gasteiger partial charge >= 0.3 is 12.1 Å². The van der Waals surface area contributed by atoms with Crippen molar-refractivity contribution >= 4 is 28.5 Å². The summed E-state index contributed by atoms with van der Waals surface area (Å²) in [7, 11) is 0. The summed E-state index contributed by atoms with van der Waals surface area (Å²) in [6, 6.07) is 14.5. The molecule has 23 heavy (non-hydrogen) atoms. The van der Waals surface area contributed by atoms with Gasteiger partial charge in [-0.05, 0) is 22.9 Å². The number of aliphatic hydroxyl groups is 1. The lowest BCUT2D eigenvalue weighted by molar-refractivity contribution is -0.192. The minimum Gasteiger partial charge on any atom is -0.475 e. The third-order valence-electron chi connectivity index (χ3n) is 2.66. The first-order valence-electron chi connectivity index (χ1n) is 6.52. The van der Waals surface area contributed by atoms with E-state index >= 15 is 0 Å². The van der Waals surface area contributed by atoms with Gasteiger partial charge in [0.15, 0.2) is 0 Å². The van der Waals surface area contributed by atoms with Crippen LogP contribution in [-0.2, 0) is 4.79 Å². The summed E-state index contributed by atoms with van der Waals surface area (Å²) in [5.41, 5.74) is 5.66. The van der Waals surface area contributed by atoms with Crippen LogP contribution in [0.25, 0.3) is 10.8 Å². The van der Waals surface area contributed by atoms with E-state index in [9.17, 15) is 13.2 Å². The molecule has 0 fully saturated rings. The maximum absolute atomic E-state index is 10.6. The van der Waals surface area contributed by atoms with Gasteiger partial charge in [-0.25, -0.2) is 4.79 Å². The molecule has 2 aromatic carbocycles. The second-order valence-electron chi connectivity index (χ2n) is 4.57. The van der Waals surface area contributed by atoms with Gasteiger partial charge < -0.3 is 15.9 Å². The van der Waals surface area contributed by atoms with Crippen molar-refractivity contribution in [1.29, 1.82) is 0 Å². The average Bonchev–Trinajstić information content (AvgIpc) is 2.52. The maximum Gasteiger partial charge on any atom is 0.490 e. The standard InChI is InChI=1S/C13H15NOS.C2HF3O2/c14-12(8-15)9-16-13-6-5-10-3-1-2-4-11(10)7-13;3-2(4,5)1(6)7/h1-7,12,15H,8-9,14H2;(H,6,7)/t12-;/m0./s1. The molecule has 0 saturated heterocycles. The molecule has 4 N–H and O–H groups in total. The zero-order valence-electron chi connectivity index (χ0n) is 12.0. The molecule has 0 aliphatic carbocycles. The second-order valence-corrected chi connectivity index (χ2v) is 5.66. The minimum atomic E-state index is -5.08. The summed E-state index contributed by atoms with van der Waals surface area (Å²) in [4.78, 5) is 10.1. The Kier molecular flexibility index (Phi) is 7.34. The van der Waals surface area contributed by atoms with Gasteiger partial charge in [0.25, 0.3) is 0 Å². The molecular formula is C15H16F3NO3S. The van der Waals surface area contributed by atoms with Crippen LogP contribution in [0.3, 0.4) is 0 Å². The molecular weight excluding hydrogens is 331 g/mol. The predicted molar refractivity (Wildman–Crippen MR) is 83.4 cm³/mol. The van der Waals surface area contributed by atoms with E-state index in [1.165, 1.54) is 15.7 Å². The van der Waals surface area contributed by atoms with Gasteiger partial charge in [-0.2, -0.15) is 13.2 Å². The number of nitrogens with two attached hydrogens (primary N) is 1. The van der Waals surface area contributed by atoms with Gasteiger partial charge in [0.05, 0.1) is 6.61 Å². The Hall–Kier alpha value is -1.77. The smallest absolute Gasteiger partial charge is 0.475 e. The highest BCUT2D eigenvalue weighted by molar-refractivity contribution is 7.99. The number of hydrogen-bond acceptors (Lipinski definition) is 4. The van der Waals surface area contributed by atoms with Gasteiger partial charge in [-0.3, -0.25) is 0 Å². The second kappa shape index (κ2) is 8.76. The Balaban J connectivity index is 0.000000322. The third kappa shape index (κ3) is 6.89. The highest BCUT2D eigenvalue weighted by Crippen LogP contribution is 2.23. The number of halogens is 3. The summed E-state index contributed by atoms with van der Waals surface area (Å²) in [6.45, 7) is 0.0422. The van der Waals surface area contributed by atoms with Crippen LogP contribution in [0.2, 0.25) is 0 Å². The molecule has 0 spiro atoms. The number of rotatable bonds is 4. The van der Waals surface area contributed by atoms with E-state index in [4.69, 9.17) is 20.7 Å². The molecule has 0 aliphatic rings. The van der Waals surface area contributed by atoms with E-state index in [2.05, 4.69) is 30.3 Å². The normalized spacial score (nSPS) is 12.4. The Bertz CT molecular complexity index is 649. The molecule has 0 bridgehead atoms. The molecule has 126 valence electrons. The molecule has 0 heterocycles. The zero-order valence-corrected chi connectivity index (χ0v) is 12.8. The fourth-order valence-corrected chi connectivity index (χ4v) is 2.40. The van der Waals surface area contributed by atoms with Crippen molar-refractivity contribution in [2.45, 2.75) is 17.1 Å². The number of aliphatic carboxylic acids is 1. The van der Waals surface area contributed by atoms with Crippen molar-refractivity contribution in [2.75, 3.05) is 12.4 Å². The van der Waals surface area contributed by atoms with Crippen molar-refractivity contribution in [1.82, 2.24) is 0 Å². The molecule has 0 saturated carbocycles. The zero-order chi connectivity index (χ0) is 17.5. The van der Waals surface area contributed by atoms with E-state index < -0.39 is 12.1 Å². The molecule has 1 atom stereocenters. The number of hydrogen-bond donors (Lipinski definition) is 3. The fourth-order valence-electron chi connectivity index (χ4n) is 1.51. The number of carbonyl (C=O) groups is 1. The first-order valence-corrected chi connectivity index (χ1v) is 7.50. The van der Waals surface area contributed by atoms with Gasteiger partial charge in [0.1, 0.15) is 0 Å². The van der Waals surface area contributed by atoms with Gasteiger partial charge in [0, 0.05) is 16.7 Å². The minimum absolute atomic E-state index is 0.0422. The van der Waals surface area contributed by atoms with Crippen LogP contribution >= 0.6 is 11.8 Å². The third-order valence-corrected chi connectivity index (χ3v) is 3.84. The van der Waals surface area contributed by atoms with E-state index in [0.717, 1.165) is 5.75 Å². The number of carboxylic acids is 1. The van der Waals surface area contributed by atoms with Crippen molar-refractivity contribution in [2.24, 2.45) is 5.73 Å². The number of aliphatic hydroxyl groups excluding tert-OH is 1. The Morgan fingerprint density at radius 3 is 2.26 bits per heavy atom. The van der Waals surface area contributed by atoms with E-state index in [1.54, 1.807) is 11.8 Å². The topological polar surface area (TPSA) is 83.5 Å². The van der Waals surface area contributed by atoms with Crippen molar-refractivity contribution in [3.63, 3.8) is 0 Å². The summed E-state index contributed by atoms with van der Waals surface area (Å²) in [6.07, 6.45) is -5.08. The summed E-state index contributed by atoms with van der Waals surface area (Å²) >= 11 is 1.68. The van der Waals surface area contributed by atoms with Gasteiger partial charge in [0.2, 0.25) is 0 Å². The first kappa shape index (κ1) is 19.3. The van der Waals surface area contributed by atoms with Crippen LogP contribution in [-0.4, -0.2) is 40.8 Å². The Labute approximate surface area is 135 Å². The maximum atomic E-state index is 10.6. The first-order chi connectivity index (χ1) is 10.7. The fraction of sp³-hybridized carbons (Fsp3) is 0.267. The number of thioether (sulfide) groups is 1. The molecule has 0 radical (unpaired) electrons. The quantitative estimate of drug-likeness (QED) is 0.741. The highest BCUT2D eigenvalue weighted by Gasteiger charge is 2.38. The Morgan fingerprint density at radius 1 is 1.17 bits per heavy atom. The van der Waals surface area contributed by atoms with Crippen molar-refractivity contribution in [3.05, 3.63) is 42.5 Å². The highest BCUT2D eigenvalue weighted by atomic mass is 32.2. The summed E-state index contributed by atoms with van der Waals surface area (Å²) < 4.78 is 31.7. The largest absolute Gasteiger partial charge is 0.490 e. The number of fused-ring (bicyclic) bond motifs is 1. The SMILES string of the molecule is N[C@@H](CO)CSc1ccc2ccccc2c1.O=C(O)C(F)(F)F. The lowest BCUT2D eigenvalue weighted by atomic mass is 10.1. The molecule has 2 rings (SSSR count). The molecule has 4 nitrogen and oxygen atoms in total. The van der Waals surface area contributed by atoms with Crippen LogP contribution in [0.15, 0.2) is 47.4 Å². The Morgan fingerprint density at radius 2 is 1.74 bits per heavy atom. The van der Waals surface area contributed by atoms with Crippen molar-refractivity contribution in [3.8, 4) is 0 Å². The molecule has 0 aliphatic heterocycles. The molecule has 0 amide bonds. The molecule has 0 aromatic heterocycles.